The smallest absolute Gasteiger partial charge is 0.325 e. The fourth-order valence-corrected chi connectivity index (χ4v) is 4.46. The number of nitrogens with zero attached hydrogens (tertiary/aromatic N) is 3. The minimum absolute atomic E-state index is 0.0121. The van der Waals surface area contributed by atoms with E-state index in [1.54, 1.807) is 29.0 Å². The number of rotatable bonds is 3. The largest absolute Gasteiger partial charge is 0.355 e. The molecule has 158 valence electrons. The molecule has 2 aromatic rings. The number of likely N-dealkylation sites (N-methyl/N-ethyl adjacent to an activating group) is 1. The van der Waals surface area contributed by atoms with Gasteiger partial charge in [-0.15, -0.1) is 0 Å². The van der Waals surface area contributed by atoms with Gasteiger partial charge in [-0.05, 0) is 60.7 Å². The Hall–Kier alpha value is -3.66. The summed E-state index contributed by atoms with van der Waals surface area (Å²) >= 11 is 0. The van der Waals surface area contributed by atoms with Crippen LogP contribution in [0.25, 0.3) is 10.4 Å². The number of anilines is 1. The van der Waals surface area contributed by atoms with E-state index in [0.29, 0.717) is 12.1 Å². The number of carbonyl (C=O) groups excluding carboxylic acids is 2. The van der Waals surface area contributed by atoms with E-state index in [4.69, 9.17) is 6.57 Å². The number of allylic oxidation sites excluding steroid dienone is 1. The van der Waals surface area contributed by atoms with Crippen LogP contribution in [-0.2, 0) is 0 Å². The number of nitrogens with one attached hydrogen (secondary N) is 1. The standard InChI is InChI=1S/C24H23FN4O2/c1-14-11-17(7-9-20(14)26-2)29-21-10-6-16(13-22(21)28(4)24(29)31)15-5-8-18(19(25)12-15)23(30)27-3/h5,7-9,11-13,21-22H,6,10H2,1,3-4H3,(H,27,30)/t21-,22-/m1/s1. The third-order valence-electron chi connectivity index (χ3n) is 6.15. The van der Waals surface area contributed by atoms with Crippen LogP contribution in [0.1, 0.15) is 34.3 Å². The maximum atomic E-state index is 14.5. The van der Waals surface area contributed by atoms with Crippen LogP contribution in [0.5, 0.6) is 0 Å². The molecule has 4 rings (SSSR count). The lowest BCUT2D eigenvalue weighted by molar-refractivity contribution is 0.0959. The Kier molecular flexibility index (Phi) is 5.24. The maximum absolute atomic E-state index is 14.5. The fourth-order valence-electron chi connectivity index (χ4n) is 4.46. The predicted octanol–water partition coefficient (Wildman–Crippen LogP) is 4.53. The average molecular weight is 418 g/mol. The molecule has 2 atom stereocenters. The van der Waals surface area contributed by atoms with Gasteiger partial charge in [-0.1, -0.05) is 18.2 Å². The van der Waals surface area contributed by atoms with E-state index in [1.807, 2.05) is 25.1 Å². The number of amides is 3. The molecule has 0 bridgehead atoms. The van der Waals surface area contributed by atoms with Crippen LogP contribution < -0.4 is 10.2 Å². The van der Waals surface area contributed by atoms with Crippen molar-refractivity contribution in [1.82, 2.24) is 10.2 Å². The molecule has 1 N–H and O–H groups in total. The summed E-state index contributed by atoms with van der Waals surface area (Å²) in [6.45, 7) is 9.10. The first kappa shape index (κ1) is 20.6. The Bertz CT molecular complexity index is 1150. The van der Waals surface area contributed by atoms with Crippen molar-refractivity contribution in [1.29, 1.82) is 0 Å². The number of fused-ring (bicyclic) bond motifs is 1. The van der Waals surface area contributed by atoms with Crippen molar-refractivity contribution in [3.05, 3.63) is 76.4 Å². The van der Waals surface area contributed by atoms with E-state index in [2.05, 4.69) is 10.2 Å². The van der Waals surface area contributed by atoms with E-state index in [9.17, 15) is 14.0 Å². The van der Waals surface area contributed by atoms with Crippen LogP contribution in [0.15, 0.2) is 42.5 Å². The topological polar surface area (TPSA) is 57.0 Å². The highest BCUT2D eigenvalue weighted by molar-refractivity contribution is 5.97. The number of urea groups is 1. The van der Waals surface area contributed by atoms with Crippen LogP contribution >= 0.6 is 0 Å². The second-order valence-electron chi connectivity index (χ2n) is 7.91. The van der Waals surface area contributed by atoms with Crippen LogP contribution in [0, 0.1) is 19.3 Å². The zero-order chi connectivity index (χ0) is 22.3. The monoisotopic (exact) mass is 418 g/mol. The number of carbonyl (C=O) groups is 2. The molecule has 0 saturated carbocycles. The zero-order valence-electron chi connectivity index (χ0n) is 17.6. The first-order valence-corrected chi connectivity index (χ1v) is 10.1. The quantitative estimate of drug-likeness (QED) is 0.745. The highest BCUT2D eigenvalue weighted by Crippen LogP contribution is 2.39. The molecule has 6 nitrogen and oxygen atoms in total. The summed E-state index contributed by atoms with van der Waals surface area (Å²) in [5, 5.41) is 2.43. The summed E-state index contributed by atoms with van der Waals surface area (Å²) in [6, 6.07) is 9.82. The third kappa shape index (κ3) is 3.44. The minimum atomic E-state index is -0.562. The number of aryl methyl sites for hydroxylation is 1. The highest BCUT2D eigenvalue weighted by Gasteiger charge is 2.45. The van der Waals surface area contributed by atoms with Gasteiger partial charge in [0.1, 0.15) is 5.82 Å². The lowest BCUT2D eigenvalue weighted by atomic mass is 9.87. The van der Waals surface area contributed by atoms with Crippen molar-refractivity contribution < 1.29 is 14.0 Å². The molecule has 1 heterocycles. The molecule has 1 saturated heterocycles. The first-order valence-electron chi connectivity index (χ1n) is 10.1. The summed E-state index contributed by atoms with van der Waals surface area (Å²) in [4.78, 5) is 31.8. The van der Waals surface area contributed by atoms with Crippen molar-refractivity contribution >= 4 is 28.9 Å². The second kappa shape index (κ2) is 7.88. The van der Waals surface area contributed by atoms with Crippen LogP contribution in [0.3, 0.4) is 0 Å². The van der Waals surface area contributed by atoms with E-state index in [-0.39, 0.29) is 23.7 Å². The molecule has 0 aromatic heterocycles. The predicted molar refractivity (Wildman–Crippen MR) is 118 cm³/mol. The molecule has 1 aliphatic heterocycles. The first-order chi connectivity index (χ1) is 14.8. The van der Waals surface area contributed by atoms with Gasteiger partial charge in [-0.3, -0.25) is 9.69 Å². The molecular weight excluding hydrogens is 395 g/mol. The van der Waals surface area contributed by atoms with E-state index in [0.717, 1.165) is 28.8 Å². The Morgan fingerprint density at radius 1 is 1.26 bits per heavy atom. The molecular formula is C24H23FN4O2. The highest BCUT2D eigenvalue weighted by atomic mass is 19.1. The second-order valence-corrected chi connectivity index (χ2v) is 7.91. The van der Waals surface area contributed by atoms with E-state index >= 15 is 0 Å². The third-order valence-corrected chi connectivity index (χ3v) is 6.15. The van der Waals surface area contributed by atoms with Gasteiger partial charge >= 0.3 is 6.03 Å². The fraction of sp³-hybridized carbons (Fsp3) is 0.292. The lowest BCUT2D eigenvalue weighted by Crippen LogP contribution is -2.38. The van der Waals surface area contributed by atoms with Gasteiger partial charge in [0.15, 0.2) is 5.69 Å². The Labute approximate surface area is 180 Å². The van der Waals surface area contributed by atoms with Crippen LogP contribution in [-0.4, -0.2) is 43.0 Å². The molecule has 0 radical (unpaired) electrons. The number of hydrogen-bond donors (Lipinski definition) is 1. The molecule has 2 aliphatic rings. The summed E-state index contributed by atoms with van der Waals surface area (Å²) < 4.78 is 14.5. The van der Waals surface area contributed by atoms with Crippen molar-refractivity contribution in [3.8, 4) is 0 Å². The number of halogens is 1. The van der Waals surface area contributed by atoms with E-state index in [1.165, 1.54) is 19.2 Å². The SMILES string of the molecule is [C-]#[N+]c1ccc(N2C(=O)N(C)[C@@H]3C=C(c4ccc(C(=O)NC)c(F)c4)CC[C@H]32)cc1C. The Morgan fingerprint density at radius 2 is 2.03 bits per heavy atom. The van der Waals surface area contributed by atoms with E-state index < -0.39 is 11.7 Å². The normalized spacial score (nSPS) is 20.2. The molecule has 0 spiro atoms. The van der Waals surface area contributed by atoms with Gasteiger partial charge in [0, 0.05) is 19.8 Å². The summed E-state index contributed by atoms with van der Waals surface area (Å²) in [5.41, 5.74) is 3.90. The number of hydrogen-bond acceptors (Lipinski definition) is 2. The Balaban J connectivity index is 1.65. The van der Waals surface area contributed by atoms with Gasteiger partial charge < -0.3 is 10.2 Å². The lowest BCUT2D eigenvalue weighted by Gasteiger charge is -2.30. The van der Waals surface area contributed by atoms with Crippen molar-refractivity contribution in [2.75, 3.05) is 19.0 Å². The minimum Gasteiger partial charge on any atom is -0.355 e. The number of benzene rings is 2. The van der Waals surface area contributed by atoms with Crippen molar-refractivity contribution in [2.45, 2.75) is 31.8 Å². The Morgan fingerprint density at radius 3 is 2.68 bits per heavy atom. The van der Waals surface area contributed by atoms with Gasteiger partial charge in [0.2, 0.25) is 0 Å². The summed E-state index contributed by atoms with van der Waals surface area (Å²) in [6.07, 6.45) is 3.45. The maximum Gasteiger partial charge on any atom is 0.325 e. The molecule has 1 aliphatic carbocycles. The van der Waals surface area contributed by atoms with Gasteiger partial charge in [0.25, 0.3) is 5.91 Å². The molecule has 7 heteroatoms. The summed E-state index contributed by atoms with van der Waals surface area (Å²) in [7, 11) is 3.24. The van der Waals surface area contributed by atoms with Crippen LogP contribution in [0.4, 0.5) is 20.6 Å². The van der Waals surface area contributed by atoms with Crippen molar-refractivity contribution in [2.24, 2.45) is 0 Å². The zero-order valence-corrected chi connectivity index (χ0v) is 17.6. The average Bonchev–Trinajstić information content (AvgIpc) is 3.02. The summed E-state index contributed by atoms with van der Waals surface area (Å²) in [5.74, 6) is -1.02. The van der Waals surface area contributed by atoms with Gasteiger partial charge in [-0.25, -0.2) is 14.0 Å². The van der Waals surface area contributed by atoms with Gasteiger partial charge in [-0.2, -0.15) is 0 Å². The van der Waals surface area contributed by atoms with Crippen molar-refractivity contribution in [3.63, 3.8) is 0 Å². The molecule has 3 amide bonds. The molecule has 2 aromatic carbocycles. The molecule has 0 unspecified atom stereocenters. The molecule has 1 fully saturated rings. The van der Waals surface area contributed by atoms with Crippen LogP contribution in [0.2, 0.25) is 0 Å². The molecule has 31 heavy (non-hydrogen) atoms. The van der Waals surface area contributed by atoms with Gasteiger partial charge in [0.05, 0.1) is 24.2 Å².